The Bertz CT molecular complexity index is 595. The van der Waals surface area contributed by atoms with Gasteiger partial charge >= 0.3 is 6.03 Å². The minimum absolute atomic E-state index is 0.00622. The number of amides is 2. The summed E-state index contributed by atoms with van der Waals surface area (Å²) in [6.07, 6.45) is 0. The van der Waals surface area contributed by atoms with Crippen LogP contribution in [0.5, 0.6) is 0 Å². The smallest absolute Gasteiger partial charge is 0.320 e. The van der Waals surface area contributed by atoms with Crippen LogP contribution >= 0.6 is 22.7 Å². The number of morpholine rings is 1. The van der Waals surface area contributed by atoms with E-state index in [9.17, 15) is 4.79 Å². The summed E-state index contributed by atoms with van der Waals surface area (Å²) in [6.45, 7) is 5.34. The first-order chi connectivity index (χ1) is 11.2. The highest BCUT2D eigenvalue weighted by molar-refractivity contribution is 7.14. The van der Waals surface area contributed by atoms with Crippen LogP contribution in [0.2, 0.25) is 0 Å². The molecule has 2 aromatic rings. The van der Waals surface area contributed by atoms with Crippen LogP contribution in [0.25, 0.3) is 0 Å². The van der Waals surface area contributed by atoms with Crippen LogP contribution in [0.15, 0.2) is 35.0 Å². The molecular formula is C16H21N3O2S2. The van der Waals surface area contributed by atoms with Crippen molar-refractivity contribution in [2.24, 2.45) is 0 Å². The fourth-order valence-electron chi connectivity index (χ4n) is 2.84. The average Bonchev–Trinajstić information content (AvgIpc) is 3.22. The Morgan fingerprint density at radius 2 is 1.96 bits per heavy atom. The quantitative estimate of drug-likeness (QED) is 0.868. The molecular weight excluding hydrogens is 330 g/mol. The van der Waals surface area contributed by atoms with E-state index in [1.165, 1.54) is 16.2 Å². The van der Waals surface area contributed by atoms with E-state index in [2.05, 4.69) is 40.0 Å². The summed E-state index contributed by atoms with van der Waals surface area (Å²) in [5, 5.41) is 10.9. The Morgan fingerprint density at radius 3 is 2.61 bits per heavy atom. The average molecular weight is 351 g/mol. The van der Waals surface area contributed by atoms with Crippen molar-refractivity contribution < 1.29 is 9.53 Å². The van der Waals surface area contributed by atoms with Gasteiger partial charge in [-0.25, -0.2) is 4.79 Å². The lowest BCUT2D eigenvalue weighted by atomic mass is 10.1. The lowest BCUT2D eigenvalue weighted by Gasteiger charge is -2.37. The highest BCUT2D eigenvalue weighted by Gasteiger charge is 2.29. The molecule has 0 aromatic carbocycles. The number of nitrogens with one attached hydrogen (secondary N) is 2. The van der Waals surface area contributed by atoms with Gasteiger partial charge in [0, 0.05) is 24.0 Å². The van der Waals surface area contributed by atoms with Gasteiger partial charge in [0.25, 0.3) is 0 Å². The van der Waals surface area contributed by atoms with Gasteiger partial charge in [-0.3, -0.25) is 10.2 Å². The molecule has 3 heterocycles. The van der Waals surface area contributed by atoms with Crippen molar-refractivity contribution in [3.63, 3.8) is 0 Å². The highest BCUT2D eigenvalue weighted by atomic mass is 32.1. The second-order valence-corrected chi connectivity index (χ2v) is 7.40. The van der Waals surface area contributed by atoms with E-state index in [1.807, 2.05) is 17.5 Å². The van der Waals surface area contributed by atoms with Crippen molar-refractivity contribution in [2.45, 2.75) is 19.0 Å². The van der Waals surface area contributed by atoms with Gasteiger partial charge < -0.3 is 10.1 Å². The Balaban J connectivity index is 1.67. The number of urea groups is 1. The fraction of sp³-hybridized carbons (Fsp3) is 0.438. The van der Waals surface area contributed by atoms with Crippen LogP contribution in [0, 0.1) is 0 Å². The molecule has 1 fully saturated rings. The van der Waals surface area contributed by atoms with Crippen molar-refractivity contribution in [1.82, 2.24) is 10.2 Å². The van der Waals surface area contributed by atoms with Gasteiger partial charge in [-0.1, -0.05) is 6.07 Å². The third-order valence-corrected chi connectivity index (χ3v) is 5.59. The minimum atomic E-state index is -0.158. The van der Waals surface area contributed by atoms with Gasteiger partial charge in [-0.05, 0) is 35.9 Å². The fourth-order valence-corrected chi connectivity index (χ4v) is 4.42. The number of ether oxygens (including phenoxy) is 1. The van der Waals surface area contributed by atoms with E-state index in [0.29, 0.717) is 0 Å². The van der Waals surface area contributed by atoms with Crippen LogP contribution in [0.4, 0.5) is 9.80 Å². The molecule has 2 atom stereocenters. The van der Waals surface area contributed by atoms with Crippen LogP contribution in [-0.4, -0.2) is 43.3 Å². The zero-order chi connectivity index (χ0) is 16.1. The summed E-state index contributed by atoms with van der Waals surface area (Å²) in [6, 6.07) is 8.04. The molecule has 2 unspecified atom stereocenters. The molecule has 5 nitrogen and oxygen atoms in total. The molecule has 1 aliphatic heterocycles. The first-order valence-corrected chi connectivity index (χ1v) is 9.46. The Labute approximate surface area is 144 Å². The van der Waals surface area contributed by atoms with E-state index in [4.69, 9.17) is 4.74 Å². The monoisotopic (exact) mass is 351 g/mol. The van der Waals surface area contributed by atoms with Crippen molar-refractivity contribution in [3.8, 4) is 0 Å². The Morgan fingerprint density at radius 1 is 1.22 bits per heavy atom. The van der Waals surface area contributed by atoms with Crippen LogP contribution in [0.1, 0.15) is 17.8 Å². The first kappa shape index (κ1) is 16.4. The molecule has 1 saturated heterocycles. The van der Waals surface area contributed by atoms with Crippen LogP contribution in [0.3, 0.4) is 0 Å². The molecule has 1 aliphatic rings. The third kappa shape index (κ3) is 4.32. The van der Waals surface area contributed by atoms with Gasteiger partial charge in [0.1, 0.15) is 0 Å². The zero-order valence-corrected chi connectivity index (χ0v) is 14.7. The topological polar surface area (TPSA) is 53.6 Å². The van der Waals surface area contributed by atoms with E-state index in [1.54, 1.807) is 11.3 Å². The minimum Gasteiger partial charge on any atom is -0.379 e. The van der Waals surface area contributed by atoms with Crippen molar-refractivity contribution in [1.29, 1.82) is 0 Å². The molecule has 3 rings (SSSR count). The predicted molar refractivity (Wildman–Crippen MR) is 95.4 cm³/mol. The molecule has 0 bridgehead atoms. The number of carbonyl (C=O) groups is 1. The largest absolute Gasteiger partial charge is 0.379 e. The van der Waals surface area contributed by atoms with Crippen LogP contribution < -0.4 is 10.6 Å². The summed E-state index contributed by atoms with van der Waals surface area (Å²) < 4.78 is 5.46. The predicted octanol–water partition coefficient (Wildman–Crippen LogP) is 3.39. The number of carbonyl (C=O) groups excluding carboxylic acids is 1. The molecule has 0 saturated carbocycles. The summed E-state index contributed by atoms with van der Waals surface area (Å²) >= 11 is 3.25. The molecule has 2 amide bonds. The number of nitrogens with zero attached hydrogens (tertiary/aromatic N) is 1. The van der Waals surface area contributed by atoms with Gasteiger partial charge in [-0.2, -0.15) is 0 Å². The highest BCUT2D eigenvalue weighted by Crippen LogP contribution is 2.29. The summed E-state index contributed by atoms with van der Waals surface area (Å²) in [5.74, 6) is 0. The molecule has 2 aromatic heterocycles. The van der Waals surface area contributed by atoms with Crippen LogP contribution in [-0.2, 0) is 4.74 Å². The second kappa shape index (κ2) is 7.92. The van der Waals surface area contributed by atoms with E-state index >= 15 is 0 Å². The Kier molecular flexibility index (Phi) is 5.66. The maximum atomic E-state index is 12.2. The summed E-state index contributed by atoms with van der Waals surface area (Å²) in [5.41, 5.74) is 0. The number of hydrogen-bond acceptors (Lipinski definition) is 5. The van der Waals surface area contributed by atoms with Gasteiger partial charge in [-0.15, -0.1) is 22.7 Å². The zero-order valence-electron chi connectivity index (χ0n) is 13.0. The lowest BCUT2D eigenvalue weighted by molar-refractivity contribution is 0.0106. The molecule has 0 aliphatic carbocycles. The maximum Gasteiger partial charge on any atom is 0.320 e. The van der Waals surface area contributed by atoms with Crippen molar-refractivity contribution in [3.05, 3.63) is 39.9 Å². The number of rotatable bonds is 5. The standard InChI is InChI=1S/C16H21N3O2S2/c1-12(17-16(20)18-14-5-3-11-23-14)15(13-4-2-10-22-13)19-6-8-21-9-7-19/h2-5,10-12,15H,6-9H2,1H3,(H2,17,18,20). The Hall–Kier alpha value is -1.41. The van der Waals surface area contributed by atoms with E-state index in [-0.39, 0.29) is 18.1 Å². The summed E-state index contributed by atoms with van der Waals surface area (Å²) in [7, 11) is 0. The number of anilines is 1. The molecule has 7 heteroatoms. The van der Waals surface area contributed by atoms with E-state index < -0.39 is 0 Å². The number of thiophene rings is 2. The lowest BCUT2D eigenvalue weighted by Crippen LogP contribution is -2.49. The number of hydrogen-bond donors (Lipinski definition) is 2. The molecule has 0 radical (unpaired) electrons. The van der Waals surface area contributed by atoms with Gasteiger partial charge in [0.05, 0.1) is 24.3 Å². The SMILES string of the molecule is CC(NC(=O)Nc1cccs1)C(c1cccs1)N1CCOCC1. The second-order valence-electron chi connectivity index (χ2n) is 5.47. The normalized spacial score (nSPS) is 18.3. The third-order valence-electron chi connectivity index (χ3n) is 3.86. The molecule has 124 valence electrons. The molecule has 2 N–H and O–H groups in total. The first-order valence-electron chi connectivity index (χ1n) is 7.70. The van der Waals surface area contributed by atoms with Crippen molar-refractivity contribution in [2.75, 3.05) is 31.6 Å². The van der Waals surface area contributed by atoms with Gasteiger partial charge in [0.15, 0.2) is 0 Å². The van der Waals surface area contributed by atoms with Gasteiger partial charge in [0.2, 0.25) is 0 Å². The summed E-state index contributed by atoms with van der Waals surface area (Å²) in [4.78, 5) is 15.9. The van der Waals surface area contributed by atoms with E-state index in [0.717, 1.165) is 31.3 Å². The molecule has 23 heavy (non-hydrogen) atoms. The molecule has 0 spiro atoms. The maximum absolute atomic E-state index is 12.2. The van der Waals surface area contributed by atoms with Crippen molar-refractivity contribution >= 4 is 33.7 Å².